The largest absolute Gasteiger partial charge is 0.497 e. The molecule has 4 rings (SSSR count). The third-order valence-electron chi connectivity index (χ3n) is 6.98. The minimum absolute atomic E-state index is 0.0880. The number of amides is 1. The fourth-order valence-corrected chi connectivity index (χ4v) is 6.43. The first-order valence-corrected chi connectivity index (χ1v) is 12.3. The Morgan fingerprint density at radius 3 is 2.48 bits per heavy atom. The zero-order valence-corrected chi connectivity index (χ0v) is 19.1. The van der Waals surface area contributed by atoms with E-state index in [1.165, 1.54) is 49.2 Å². The first kappa shape index (κ1) is 21.7. The Hall–Kier alpha value is -2.54. The lowest BCUT2D eigenvalue weighted by Crippen LogP contribution is -2.40. The molecule has 166 valence electrons. The first-order chi connectivity index (χ1) is 14.8. The maximum absolute atomic E-state index is 13.1. The molecular formula is C24H30N2O4S. The van der Waals surface area contributed by atoms with Crippen LogP contribution in [-0.4, -0.2) is 34.5 Å². The van der Waals surface area contributed by atoms with Gasteiger partial charge in [-0.3, -0.25) is 9.10 Å². The summed E-state index contributed by atoms with van der Waals surface area (Å²) in [6.07, 6.45) is 5.06. The lowest BCUT2D eigenvalue weighted by Gasteiger charge is -2.28. The summed E-state index contributed by atoms with van der Waals surface area (Å²) in [5, 5.41) is 3.11. The molecule has 0 heterocycles. The van der Waals surface area contributed by atoms with Gasteiger partial charge in [-0.15, -0.1) is 0 Å². The zero-order valence-electron chi connectivity index (χ0n) is 18.2. The van der Waals surface area contributed by atoms with Crippen LogP contribution in [0.1, 0.15) is 43.0 Å². The smallest absolute Gasteiger partial charge is 0.264 e. The van der Waals surface area contributed by atoms with Gasteiger partial charge < -0.3 is 10.1 Å². The molecule has 0 spiro atoms. The number of hydrogen-bond acceptors (Lipinski definition) is 4. The average molecular weight is 443 g/mol. The Labute approximate surface area is 184 Å². The third kappa shape index (κ3) is 4.28. The molecule has 0 aromatic heterocycles. The molecule has 6 nitrogen and oxygen atoms in total. The summed E-state index contributed by atoms with van der Waals surface area (Å²) < 4.78 is 32.6. The molecule has 0 radical (unpaired) electrons. The number of nitrogens with zero attached hydrogens (tertiary/aromatic N) is 1. The van der Waals surface area contributed by atoms with Crippen molar-refractivity contribution in [3.8, 4) is 5.75 Å². The zero-order chi connectivity index (χ0) is 22.2. The fraction of sp³-hybridized carbons (Fsp3) is 0.458. The van der Waals surface area contributed by atoms with Crippen LogP contribution in [0.3, 0.4) is 0 Å². The molecule has 4 atom stereocenters. The molecule has 2 bridgehead atoms. The number of anilines is 1. The monoisotopic (exact) mass is 442 g/mol. The van der Waals surface area contributed by atoms with E-state index in [0.717, 1.165) is 5.92 Å². The van der Waals surface area contributed by atoms with Gasteiger partial charge in [-0.2, -0.15) is 0 Å². The van der Waals surface area contributed by atoms with Gasteiger partial charge in [0.15, 0.2) is 0 Å². The molecule has 2 aromatic carbocycles. The van der Waals surface area contributed by atoms with Crippen LogP contribution in [0.15, 0.2) is 53.4 Å². The number of methoxy groups -OCH3 is 1. The number of benzene rings is 2. The maximum atomic E-state index is 13.1. The number of carbonyl (C=O) groups is 1. The van der Waals surface area contributed by atoms with Gasteiger partial charge >= 0.3 is 0 Å². The van der Waals surface area contributed by atoms with Crippen LogP contribution in [0.25, 0.3) is 0 Å². The van der Waals surface area contributed by atoms with E-state index in [4.69, 9.17) is 4.74 Å². The van der Waals surface area contributed by atoms with Crippen LogP contribution in [-0.2, 0) is 10.0 Å². The Bertz CT molecular complexity index is 1050. The van der Waals surface area contributed by atoms with Crippen molar-refractivity contribution in [1.29, 1.82) is 0 Å². The number of rotatable bonds is 7. The van der Waals surface area contributed by atoms with Crippen LogP contribution >= 0.6 is 0 Å². The third-order valence-corrected chi connectivity index (χ3v) is 8.77. The molecule has 2 aliphatic carbocycles. The number of carbonyl (C=O) groups excluding carboxylic acids is 1. The standard InChI is InChI=1S/C24H30N2O4S/c1-16(23-14-17-7-8-18(23)13-17)25-24(27)19-5-4-6-22(15-19)31(28,29)26(2)20-9-11-21(30-3)12-10-20/h4-6,9-12,15-18,23H,7-8,13-14H2,1-3H3,(H,25,27)/t16-,17+,18-,23+/m0/s1. The predicted molar refractivity (Wildman–Crippen MR) is 121 cm³/mol. The van der Waals surface area contributed by atoms with Gasteiger partial charge in [-0.25, -0.2) is 8.42 Å². The molecule has 0 unspecified atom stereocenters. The molecule has 0 saturated heterocycles. The van der Waals surface area contributed by atoms with Gasteiger partial charge in [0.1, 0.15) is 5.75 Å². The summed E-state index contributed by atoms with van der Waals surface area (Å²) in [5.41, 5.74) is 0.875. The van der Waals surface area contributed by atoms with Crippen LogP contribution < -0.4 is 14.4 Å². The van der Waals surface area contributed by atoms with Crippen molar-refractivity contribution in [3.63, 3.8) is 0 Å². The average Bonchev–Trinajstić information content (AvgIpc) is 3.42. The minimum Gasteiger partial charge on any atom is -0.497 e. The van der Waals surface area contributed by atoms with E-state index in [1.807, 2.05) is 0 Å². The van der Waals surface area contributed by atoms with Gasteiger partial charge in [0.25, 0.3) is 15.9 Å². The van der Waals surface area contributed by atoms with Gasteiger partial charge in [0, 0.05) is 18.7 Å². The molecule has 2 saturated carbocycles. The summed E-state index contributed by atoms with van der Waals surface area (Å²) in [6.45, 7) is 2.07. The van der Waals surface area contributed by atoms with E-state index in [9.17, 15) is 13.2 Å². The SMILES string of the molecule is COc1ccc(N(C)S(=O)(=O)c2cccc(C(=O)N[C@@H](C)[C@H]3C[C@@H]4CC[C@H]3C4)c2)cc1. The van der Waals surface area contributed by atoms with Crippen LogP contribution in [0.5, 0.6) is 5.75 Å². The van der Waals surface area contributed by atoms with E-state index in [-0.39, 0.29) is 16.8 Å². The maximum Gasteiger partial charge on any atom is 0.264 e. The second kappa shape index (κ2) is 8.54. The Kier molecular flexibility index (Phi) is 5.97. The van der Waals surface area contributed by atoms with Crippen LogP contribution in [0.4, 0.5) is 5.69 Å². The van der Waals surface area contributed by atoms with Gasteiger partial charge in [0.05, 0.1) is 17.7 Å². The van der Waals surface area contributed by atoms with Crippen molar-refractivity contribution in [3.05, 3.63) is 54.1 Å². The normalized spacial score (nSPS) is 23.4. The summed E-state index contributed by atoms with van der Waals surface area (Å²) in [6, 6.07) is 13.1. The van der Waals surface area contributed by atoms with Gasteiger partial charge in [-0.05, 0) is 86.4 Å². The first-order valence-electron chi connectivity index (χ1n) is 10.8. The highest BCUT2D eigenvalue weighted by Gasteiger charge is 2.42. The number of sulfonamides is 1. The highest BCUT2D eigenvalue weighted by molar-refractivity contribution is 7.92. The Morgan fingerprint density at radius 2 is 1.87 bits per heavy atom. The molecule has 2 aromatic rings. The molecule has 1 amide bonds. The van der Waals surface area contributed by atoms with E-state index in [0.29, 0.717) is 28.8 Å². The molecule has 2 aliphatic rings. The predicted octanol–water partition coefficient (Wildman–Crippen LogP) is 4.07. The van der Waals surface area contributed by atoms with Crippen LogP contribution in [0, 0.1) is 17.8 Å². The Morgan fingerprint density at radius 1 is 1.13 bits per heavy atom. The number of nitrogens with one attached hydrogen (secondary N) is 1. The second-order valence-electron chi connectivity index (χ2n) is 8.80. The Balaban J connectivity index is 1.49. The highest BCUT2D eigenvalue weighted by atomic mass is 32.2. The summed E-state index contributed by atoms with van der Waals surface area (Å²) >= 11 is 0. The fourth-order valence-electron chi connectivity index (χ4n) is 5.19. The van der Waals surface area contributed by atoms with E-state index >= 15 is 0 Å². The highest BCUT2D eigenvalue weighted by Crippen LogP contribution is 2.49. The molecule has 7 heteroatoms. The second-order valence-corrected chi connectivity index (χ2v) is 10.8. The number of hydrogen-bond donors (Lipinski definition) is 1. The van der Waals surface area contributed by atoms with Crippen molar-refractivity contribution in [2.24, 2.45) is 17.8 Å². The molecule has 2 fully saturated rings. The molecule has 31 heavy (non-hydrogen) atoms. The van der Waals surface area contributed by atoms with Crippen molar-refractivity contribution in [2.45, 2.75) is 43.5 Å². The molecule has 1 N–H and O–H groups in total. The van der Waals surface area contributed by atoms with Crippen molar-refractivity contribution < 1.29 is 17.9 Å². The van der Waals surface area contributed by atoms with Crippen molar-refractivity contribution in [1.82, 2.24) is 5.32 Å². The summed E-state index contributed by atoms with van der Waals surface area (Å²) in [4.78, 5) is 13.0. The number of fused-ring (bicyclic) bond motifs is 2. The minimum atomic E-state index is -3.81. The number of ether oxygens (including phenoxy) is 1. The van der Waals surface area contributed by atoms with Crippen molar-refractivity contribution in [2.75, 3.05) is 18.5 Å². The van der Waals surface area contributed by atoms with Crippen molar-refractivity contribution >= 4 is 21.6 Å². The summed E-state index contributed by atoms with van der Waals surface area (Å²) in [5.74, 6) is 2.48. The van der Waals surface area contributed by atoms with Gasteiger partial charge in [-0.1, -0.05) is 12.5 Å². The van der Waals surface area contributed by atoms with E-state index in [2.05, 4.69) is 12.2 Å². The van der Waals surface area contributed by atoms with Crippen LogP contribution in [0.2, 0.25) is 0 Å². The van der Waals surface area contributed by atoms with Gasteiger partial charge in [0.2, 0.25) is 0 Å². The lowest BCUT2D eigenvalue weighted by atomic mass is 9.84. The van der Waals surface area contributed by atoms with E-state index in [1.54, 1.807) is 43.5 Å². The molecular weight excluding hydrogens is 412 g/mol. The lowest BCUT2D eigenvalue weighted by molar-refractivity contribution is 0.0915. The topological polar surface area (TPSA) is 75.7 Å². The summed E-state index contributed by atoms with van der Waals surface area (Å²) in [7, 11) is -0.745. The molecule has 0 aliphatic heterocycles. The van der Waals surface area contributed by atoms with E-state index < -0.39 is 10.0 Å². The quantitative estimate of drug-likeness (QED) is 0.701.